The van der Waals surface area contributed by atoms with Crippen LogP contribution in [0.15, 0.2) is 169 Å². The normalized spacial score (nSPS) is 29.5. The average Bonchev–Trinajstić information content (AvgIpc) is 1.51. The first kappa shape index (κ1) is 110. The van der Waals surface area contributed by atoms with Crippen LogP contribution in [0.2, 0.25) is 0 Å². The third kappa shape index (κ3) is 23.0. The fraction of sp³-hybridized carbons (Fsp3) is 0.504. The lowest BCUT2D eigenvalue weighted by molar-refractivity contribution is -0.202. The zero-order valence-corrected chi connectivity index (χ0v) is 85.9. The summed E-state index contributed by atoms with van der Waals surface area (Å²) in [5, 5.41) is 42.0. The van der Waals surface area contributed by atoms with Crippen LogP contribution in [0.5, 0.6) is 0 Å². The molecule has 0 aromatic heterocycles. The van der Waals surface area contributed by atoms with Crippen molar-refractivity contribution in [3.8, 4) is 0 Å². The number of aliphatic carboxylic acids is 1. The molecule has 5 aliphatic heterocycles. The third-order valence-corrected chi connectivity index (χ3v) is 32.2. The van der Waals surface area contributed by atoms with Crippen LogP contribution in [0.25, 0.3) is 0 Å². The van der Waals surface area contributed by atoms with E-state index in [1.54, 1.807) is 71.1 Å². The Morgan fingerprint density at radius 2 is 0.893 bits per heavy atom. The first-order valence-corrected chi connectivity index (χ1v) is 51.0. The van der Waals surface area contributed by atoms with Crippen LogP contribution in [0.3, 0.4) is 0 Å². The highest BCUT2D eigenvalue weighted by Crippen LogP contribution is 2.73. The molecule has 4 aromatic rings. The maximum absolute atomic E-state index is 14.8. The molecule has 3 saturated heterocycles. The summed E-state index contributed by atoms with van der Waals surface area (Å²) in [6, 6.07) is 29.2. The van der Waals surface area contributed by atoms with Gasteiger partial charge >= 0.3 is 29.8 Å². The number of fused-ring (bicyclic) bond motifs is 14. The van der Waals surface area contributed by atoms with E-state index < -0.39 is 227 Å². The fourth-order valence-corrected chi connectivity index (χ4v) is 24.8. The molecule has 796 valence electrons. The third-order valence-electron chi connectivity index (χ3n) is 32.2. The number of imide groups is 3. The Kier molecular flexibility index (Phi) is 32.7. The Morgan fingerprint density at radius 1 is 0.487 bits per heavy atom. The standard InChI is InChI=1S/C52H57N3O14.C51H63NO11.C10H8N2O6/c1-28(20-38(57)29(2)53-42(60)26-55-43(61)14-15-44(55)62)48(66)54-34-7-5-6-31(22-34)21-30-8-10-32(11-9-30)49-68-41-24-37-36-13-12-33-23-35(56)18-19-50(33,3)47(36)39(58)25-51(37,4)52(41,69-49)40(59)27-67-46(65)17-16-45(63)64;1-29(2)39(54)22-30(3)46(59)52-35-11-9-10-32(24-35)23-31-12-14-33(15-13-31)47-61-42-26-38-37-17-16-34-25-36(53)20-21-49(34,7)45(37)40(55)27-50(38,8)51(42,63-47)41(56)28-60-43(57)18-19-44(58)62-48(4,5)6;13-6-1-2-7(14)11(6)5-10(17)18-12-8(15)3-4-9(12)16/h5-11,14-15,18-19,22-23,28-29,36-37,39,41,47,49,58H,12-13,16-17,20-21,24-27H2,1-4H3,(H,53,60)(H,54,66)(H,63,64);9-15,20-21,24-25,29-30,37-38,40,42,45,47,55H,16-19,22-23,26-28H2,1-8H3,(H,52,59);1-2H,3-5H2/t28-,29+,36+,37+,39+,41-,47-,49-,50+,51+,52-;30-,37+,38+,40+,42-,45-,47-,49+,50+,51-;/m11./s1. The number of aliphatic hydroxyl groups is 2. The monoisotopic (exact) mass is 2060 g/mol. The molecule has 0 radical (unpaired) electrons. The Balaban J connectivity index is 0.000000192. The zero-order valence-electron chi connectivity index (χ0n) is 85.9. The van der Waals surface area contributed by atoms with Gasteiger partial charge in [-0.1, -0.05) is 151 Å². The summed E-state index contributed by atoms with van der Waals surface area (Å²) < 4.78 is 43.5. The van der Waals surface area contributed by atoms with E-state index in [9.17, 15) is 106 Å². The number of hydrogen-bond donors (Lipinski definition) is 6. The van der Waals surface area contributed by atoms with Gasteiger partial charge in [-0.2, -0.15) is 0 Å². The fourth-order valence-electron chi connectivity index (χ4n) is 24.8. The van der Waals surface area contributed by atoms with Gasteiger partial charge in [0.1, 0.15) is 24.5 Å². The van der Waals surface area contributed by atoms with Crippen molar-refractivity contribution in [2.24, 2.45) is 74.9 Å². The van der Waals surface area contributed by atoms with Gasteiger partial charge in [-0.3, -0.25) is 101 Å². The van der Waals surface area contributed by atoms with Gasteiger partial charge in [0.2, 0.25) is 29.3 Å². The van der Waals surface area contributed by atoms with E-state index in [2.05, 4.69) is 34.6 Å². The molecule has 9 amide bonds. The van der Waals surface area contributed by atoms with Crippen molar-refractivity contribution in [2.75, 3.05) is 36.9 Å². The second kappa shape index (κ2) is 44.4. The summed E-state index contributed by atoms with van der Waals surface area (Å²) in [4.78, 5) is 252. The van der Waals surface area contributed by atoms with Gasteiger partial charge in [-0.25, -0.2) is 4.79 Å². The zero-order chi connectivity index (χ0) is 109. The predicted octanol–water partition coefficient (Wildman–Crippen LogP) is 10.5. The van der Waals surface area contributed by atoms with Crippen molar-refractivity contribution < 1.29 is 149 Å². The summed E-state index contributed by atoms with van der Waals surface area (Å²) >= 11 is 0. The molecule has 37 heteroatoms. The molecular weight excluding hydrogens is 1940 g/mol. The lowest BCUT2D eigenvalue weighted by atomic mass is 9.46. The highest BCUT2D eigenvalue weighted by atomic mass is 16.8. The van der Waals surface area contributed by atoms with Crippen molar-refractivity contribution in [2.45, 2.75) is 259 Å². The summed E-state index contributed by atoms with van der Waals surface area (Å²) in [5.41, 5.74) is 1.49. The lowest BCUT2D eigenvalue weighted by Gasteiger charge is -2.59. The van der Waals surface area contributed by atoms with Crippen LogP contribution in [-0.2, 0) is 147 Å². The van der Waals surface area contributed by atoms with E-state index in [4.69, 9.17) is 38.3 Å². The van der Waals surface area contributed by atoms with E-state index in [1.165, 1.54) is 6.92 Å². The van der Waals surface area contributed by atoms with Gasteiger partial charge in [0.25, 0.3) is 35.4 Å². The highest BCUT2D eigenvalue weighted by molar-refractivity contribution is 6.15. The van der Waals surface area contributed by atoms with Gasteiger partial charge < -0.3 is 69.3 Å². The minimum Gasteiger partial charge on any atom is -0.481 e. The van der Waals surface area contributed by atoms with Crippen LogP contribution in [0.4, 0.5) is 11.4 Å². The van der Waals surface area contributed by atoms with Crippen molar-refractivity contribution in [1.29, 1.82) is 0 Å². The van der Waals surface area contributed by atoms with Crippen molar-refractivity contribution in [3.63, 3.8) is 0 Å². The SMILES string of the molecule is CC(C)C(=O)C[C@@H](C)C(=O)Nc1cccc(Cc2ccc([C@@H]3O[C@@H]4C[C@H]5[C@@H]6CCC7=CC(=O)C=C[C@]7(C)[C@H]6[C@@H](O)C[C@]5(C)[C@]4(C(=O)COC(=O)CCC(=O)OC(C)(C)C)O3)cc2)c1.C[C@H](CC(=O)[C@H](C)NC(=O)CN1C(=O)C=CC1=O)C(=O)Nc1cccc(Cc2ccc([C@@H]3O[C@@H]4C[C@H]5[C@@H]6CCC7=CC(=O)C=C[C@]7(C)[C@H]6[C@@H](O)C[C@]5(C)[C@]4(C(=O)COC(=O)CCC(=O)O)O3)cc2)c1.O=C(CN1C(=O)C=CC1=O)ON1C(=O)CCC1=O. The molecule has 9 fully saturated rings. The topological polar surface area (TPSA) is 522 Å². The molecular formula is C113H128N6O31. The molecule has 6 saturated carbocycles. The molecule has 21 atom stereocenters. The number of esters is 3. The highest BCUT2D eigenvalue weighted by Gasteiger charge is 2.78. The molecule has 6 N–H and O–H groups in total. The molecule has 17 rings (SSSR count). The molecule has 5 heterocycles. The van der Waals surface area contributed by atoms with Gasteiger partial charge in [0.15, 0.2) is 54.3 Å². The number of amides is 9. The maximum atomic E-state index is 14.8. The number of aliphatic hydroxyl groups excluding tert-OH is 2. The average molecular weight is 2070 g/mol. The van der Waals surface area contributed by atoms with E-state index in [0.717, 1.165) is 69.0 Å². The van der Waals surface area contributed by atoms with E-state index in [0.29, 0.717) is 77.4 Å². The molecule has 37 nitrogen and oxygen atoms in total. The van der Waals surface area contributed by atoms with Crippen LogP contribution >= 0.6 is 0 Å². The first-order valence-electron chi connectivity index (χ1n) is 51.0. The molecule has 0 spiro atoms. The number of ether oxygens (including phenoxy) is 7. The van der Waals surface area contributed by atoms with Crippen LogP contribution < -0.4 is 16.0 Å². The number of carboxylic acid groups (broad SMARTS) is 1. The smallest absolute Gasteiger partial charge is 0.352 e. The summed E-state index contributed by atoms with van der Waals surface area (Å²) in [6.45, 7) is 19.4. The number of anilines is 2. The quantitative estimate of drug-likeness (QED) is 0.0144. The Labute approximate surface area is 866 Å². The second-order valence-corrected chi connectivity index (χ2v) is 43.7. The minimum atomic E-state index is -1.62. The molecule has 4 aromatic carbocycles. The Hall–Kier alpha value is -13.7. The van der Waals surface area contributed by atoms with E-state index >= 15 is 0 Å². The number of hydrogen-bond acceptors (Lipinski definition) is 30. The number of carbonyl (C=O) groups is 20. The van der Waals surface area contributed by atoms with Gasteiger partial charge in [0, 0.05) is 124 Å². The largest absolute Gasteiger partial charge is 0.481 e. The van der Waals surface area contributed by atoms with Crippen molar-refractivity contribution in [1.82, 2.24) is 20.2 Å². The van der Waals surface area contributed by atoms with Crippen molar-refractivity contribution >= 4 is 129 Å². The summed E-state index contributed by atoms with van der Waals surface area (Å²) in [5.74, 6) is -12.8. The number of benzene rings is 4. The number of Topliss-reactive ketones (excluding diaryl/α,β-unsaturated/α-hetero) is 4. The van der Waals surface area contributed by atoms with Crippen LogP contribution in [0.1, 0.15) is 232 Å². The minimum absolute atomic E-state index is 0.000333. The number of nitrogens with zero attached hydrogens (tertiary/aromatic N) is 3. The number of ketones is 6. The number of hydroxylamine groups is 2. The van der Waals surface area contributed by atoms with Gasteiger partial charge in [-0.15, -0.1) is 5.06 Å². The van der Waals surface area contributed by atoms with Gasteiger partial charge in [0.05, 0.1) is 56.1 Å². The number of carboxylic acids is 1. The van der Waals surface area contributed by atoms with Crippen molar-refractivity contribution in [3.05, 3.63) is 202 Å². The second-order valence-electron chi connectivity index (χ2n) is 43.7. The molecule has 8 aliphatic carbocycles. The first-order chi connectivity index (χ1) is 70.8. The predicted molar refractivity (Wildman–Crippen MR) is 531 cm³/mol. The summed E-state index contributed by atoms with van der Waals surface area (Å²) in [6.07, 6.45) is 13.4. The van der Waals surface area contributed by atoms with E-state index in [1.807, 2.05) is 125 Å². The molecule has 0 unspecified atom stereocenters. The molecule has 150 heavy (non-hydrogen) atoms. The summed E-state index contributed by atoms with van der Waals surface area (Å²) in [7, 11) is 0. The number of nitrogens with one attached hydrogen (secondary N) is 3. The number of allylic oxidation sites excluding steroid dienone is 8. The Bertz CT molecular complexity index is 6280. The van der Waals surface area contributed by atoms with Crippen LogP contribution in [0, 0.1) is 74.9 Å². The van der Waals surface area contributed by atoms with Crippen LogP contribution in [-0.4, -0.2) is 221 Å². The van der Waals surface area contributed by atoms with E-state index in [-0.39, 0.29) is 116 Å². The number of carbonyl (C=O) groups excluding carboxylic acids is 19. The molecule has 13 aliphatic rings. The van der Waals surface area contributed by atoms with Gasteiger partial charge in [-0.05, 0) is 186 Å². The lowest BCUT2D eigenvalue weighted by Crippen LogP contribution is -2.63. The Morgan fingerprint density at radius 3 is 1.31 bits per heavy atom. The molecule has 0 bridgehead atoms. The maximum Gasteiger partial charge on any atom is 0.352 e. The number of rotatable bonds is 34.